The van der Waals surface area contributed by atoms with Gasteiger partial charge in [-0.2, -0.15) is 0 Å². The minimum atomic E-state index is -0.338. The predicted octanol–water partition coefficient (Wildman–Crippen LogP) is 1.78. The lowest BCUT2D eigenvalue weighted by Gasteiger charge is -2.14. The molecule has 0 saturated heterocycles. The zero-order chi connectivity index (χ0) is 16.9. The summed E-state index contributed by atoms with van der Waals surface area (Å²) in [7, 11) is 0. The minimum Gasteiger partial charge on any atom is -0.336 e. The van der Waals surface area contributed by atoms with E-state index in [0.717, 1.165) is 10.5 Å². The van der Waals surface area contributed by atoms with Crippen molar-refractivity contribution in [2.24, 2.45) is 0 Å². The molecule has 0 bridgehead atoms. The lowest BCUT2D eigenvalue weighted by atomic mass is 10.1. The van der Waals surface area contributed by atoms with E-state index in [2.05, 4.69) is 10.6 Å². The number of carbonyl (C=O) groups excluding carboxylic acids is 3. The van der Waals surface area contributed by atoms with E-state index >= 15 is 0 Å². The average molecular weight is 323 g/mol. The van der Waals surface area contributed by atoms with Crippen molar-refractivity contribution < 1.29 is 14.4 Å². The number of carbonyl (C=O) groups is 3. The Kier molecular flexibility index (Phi) is 4.56. The fraction of sp³-hybridized carbons (Fsp3) is 0.167. The topological polar surface area (TPSA) is 78.5 Å². The molecule has 4 amide bonds. The van der Waals surface area contributed by atoms with E-state index in [0.29, 0.717) is 17.7 Å². The second-order valence-electron chi connectivity index (χ2n) is 5.40. The van der Waals surface area contributed by atoms with Crippen LogP contribution in [0.15, 0.2) is 54.6 Å². The van der Waals surface area contributed by atoms with Gasteiger partial charge in [0.1, 0.15) is 0 Å². The Balaban J connectivity index is 1.46. The first kappa shape index (κ1) is 15.7. The van der Waals surface area contributed by atoms with Crippen molar-refractivity contribution in [3.8, 4) is 0 Å². The van der Waals surface area contributed by atoms with Crippen LogP contribution >= 0.6 is 0 Å². The summed E-state index contributed by atoms with van der Waals surface area (Å²) >= 11 is 0. The molecule has 0 atom stereocenters. The summed E-state index contributed by atoms with van der Waals surface area (Å²) in [5.74, 6) is -0.635. The first-order valence-electron chi connectivity index (χ1n) is 7.67. The SMILES string of the molecule is O=C(NCCN1C(=O)c2ccccc2C1=O)NCc1ccccc1. The van der Waals surface area contributed by atoms with Crippen LogP contribution in [0.5, 0.6) is 0 Å². The molecule has 0 radical (unpaired) electrons. The van der Waals surface area contributed by atoms with Crippen LogP contribution in [-0.2, 0) is 6.54 Å². The third-order valence-corrected chi connectivity index (χ3v) is 3.80. The Morgan fingerprint density at radius 2 is 1.42 bits per heavy atom. The van der Waals surface area contributed by atoms with Crippen LogP contribution in [0.3, 0.4) is 0 Å². The zero-order valence-corrected chi connectivity index (χ0v) is 13.0. The summed E-state index contributed by atoms with van der Waals surface area (Å²) < 4.78 is 0. The molecular formula is C18H17N3O3. The molecule has 24 heavy (non-hydrogen) atoms. The molecule has 0 fully saturated rings. The highest BCUT2D eigenvalue weighted by Gasteiger charge is 2.34. The van der Waals surface area contributed by atoms with Crippen LogP contribution in [0, 0.1) is 0 Å². The van der Waals surface area contributed by atoms with Crippen molar-refractivity contribution in [1.29, 1.82) is 0 Å². The smallest absolute Gasteiger partial charge is 0.315 e. The Hall–Kier alpha value is -3.15. The fourth-order valence-electron chi connectivity index (χ4n) is 2.56. The van der Waals surface area contributed by atoms with Gasteiger partial charge in [-0.15, -0.1) is 0 Å². The van der Waals surface area contributed by atoms with Crippen LogP contribution in [0.2, 0.25) is 0 Å². The first-order chi connectivity index (χ1) is 11.7. The number of rotatable bonds is 5. The average Bonchev–Trinajstić information content (AvgIpc) is 2.86. The van der Waals surface area contributed by atoms with Crippen LogP contribution in [-0.4, -0.2) is 35.8 Å². The lowest BCUT2D eigenvalue weighted by Crippen LogP contribution is -2.41. The standard InChI is InChI=1S/C18H17N3O3/c22-16-14-8-4-5-9-15(14)17(23)21(16)11-10-19-18(24)20-12-13-6-2-1-3-7-13/h1-9H,10-12H2,(H2,19,20,24). The molecule has 1 heterocycles. The van der Waals surface area contributed by atoms with Crippen molar-refractivity contribution in [2.75, 3.05) is 13.1 Å². The van der Waals surface area contributed by atoms with E-state index in [4.69, 9.17) is 0 Å². The van der Waals surface area contributed by atoms with E-state index < -0.39 is 0 Å². The monoisotopic (exact) mass is 323 g/mol. The van der Waals surface area contributed by atoms with E-state index in [9.17, 15) is 14.4 Å². The van der Waals surface area contributed by atoms with Gasteiger partial charge in [0.05, 0.1) is 11.1 Å². The molecule has 0 aliphatic carbocycles. The van der Waals surface area contributed by atoms with Gasteiger partial charge in [0.15, 0.2) is 0 Å². The fourth-order valence-corrected chi connectivity index (χ4v) is 2.56. The van der Waals surface area contributed by atoms with E-state index in [-0.39, 0.29) is 30.9 Å². The number of nitrogens with zero attached hydrogens (tertiary/aromatic N) is 1. The Bertz CT molecular complexity index is 739. The molecule has 2 aromatic rings. The number of imide groups is 1. The quantitative estimate of drug-likeness (QED) is 0.823. The molecule has 3 rings (SSSR count). The number of hydrogen-bond acceptors (Lipinski definition) is 3. The van der Waals surface area contributed by atoms with Gasteiger partial charge in [-0.25, -0.2) is 4.79 Å². The number of nitrogens with one attached hydrogen (secondary N) is 2. The molecule has 2 aromatic carbocycles. The highest BCUT2D eigenvalue weighted by Crippen LogP contribution is 2.21. The summed E-state index contributed by atoms with van der Waals surface area (Å²) in [6, 6.07) is 15.9. The van der Waals surface area contributed by atoms with Crippen molar-refractivity contribution >= 4 is 17.8 Å². The van der Waals surface area contributed by atoms with Crippen molar-refractivity contribution in [2.45, 2.75) is 6.54 Å². The molecule has 1 aliphatic heterocycles. The molecule has 0 aromatic heterocycles. The van der Waals surface area contributed by atoms with E-state index in [1.807, 2.05) is 30.3 Å². The third-order valence-electron chi connectivity index (χ3n) is 3.80. The normalized spacial score (nSPS) is 12.9. The third kappa shape index (κ3) is 3.27. The summed E-state index contributed by atoms with van der Waals surface area (Å²) in [4.78, 5) is 37.3. The number of amides is 4. The molecule has 6 heteroatoms. The van der Waals surface area contributed by atoms with Gasteiger partial charge in [0.2, 0.25) is 0 Å². The number of fused-ring (bicyclic) bond motifs is 1. The van der Waals surface area contributed by atoms with Gasteiger partial charge in [-0.1, -0.05) is 42.5 Å². The summed E-state index contributed by atoms with van der Waals surface area (Å²) in [6.07, 6.45) is 0. The highest BCUT2D eigenvalue weighted by molar-refractivity contribution is 6.21. The maximum absolute atomic E-state index is 12.2. The predicted molar refractivity (Wildman–Crippen MR) is 88.5 cm³/mol. The molecule has 6 nitrogen and oxygen atoms in total. The van der Waals surface area contributed by atoms with Crippen LogP contribution in [0.25, 0.3) is 0 Å². The van der Waals surface area contributed by atoms with Crippen molar-refractivity contribution in [3.05, 3.63) is 71.3 Å². The van der Waals surface area contributed by atoms with Crippen LogP contribution in [0.1, 0.15) is 26.3 Å². The number of benzene rings is 2. The first-order valence-corrected chi connectivity index (χ1v) is 7.67. The molecule has 0 saturated carbocycles. The zero-order valence-electron chi connectivity index (χ0n) is 13.0. The molecule has 1 aliphatic rings. The maximum Gasteiger partial charge on any atom is 0.315 e. The summed E-state index contributed by atoms with van der Waals surface area (Å²) in [5.41, 5.74) is 1.82. The molecule has 122 valence electrons. The van der Waals surface area contributed by atoms with Gasteiger partial charge in [-0.3, -0.25) is 14.5 Å². The summed E-state index contributed by atoms with van der Waals surface area (Å²) in [6.45, 7) is 0.761. The molecule has 2 N–H and O–H groups in total. The Morgan fingerprint density at radius 3 is 2.04 bits per heavy atom. The summed E-state index contributed by atoms with van der Waals surface area (Å²) in [5, 5.41) is 5.38. The van der Waals surface area contributed by atoms with E-state index in [1.54, 1.807) is 24.3 Å². The second-order valence-corrected chi connectivity index (χ2v) is 5.40. The molecular weight excluding hydrogens is 306 g/mol. The van der Waals surface area contributed by atoms with Crippen molar-refractivity contribution in [1.82, 2.24) is 15.5 Å². The Labute approximate surface area is 139 Å². The van der Waals surface area contributed by atoms with Crippen LogP contribution < -0.4 is 10.6 Å². The minimum absolute atomic E-state index is 0.144. The van der Waals surface area contributed by atoms with Gasteiger partial charge >= 0.3 is 6.03 Å². The van der Waals surface area contributed by atoms with Crippen molar-refractivity contribution in [3.63, 3.8) is 0 Å². The molecule has 0 spiro atoms. The number of urea groups is 1. The molecule has 0 unspecified atom stereocenters. The maximum atomic E-state index is 12.2. The Morgan fingerprint density at radius 1 is 0.833 bits per heavy atom. The van der Waals surface area contributed by atoms with Gasteiger partial charge < -0.3 is 10.6 Å². The van der Waals surface area contributed by atoms with Gasteiger partial charge in [-0.05, 0) is 17.7 Å². The lowest BCUT2D eigenvalue weighted by molar-refractivity contribution is 0.0656. The highest BCUT2D eigenvalue weighted by atomic mass is 16.2. The second kappa shape index (κ2) is 6.95. The van der Waals surface area contributed by atoms with Gasteiger partial charge in [0.25, 0.3) is 11.8 Å². The largest absolute Gasteiger partial charge is 0.336 e. The number of hydrogen-bond donors (Lipinski definition) is 2. The van der Waals surface area contributed by atoms with Crippen LogP contribution in [0.4, 0.5) is 4.79 Å². The van der Waals surface area contributed by atoms with Gasteiger partial charge in [0, 0.05) is 19.6 Å². The van der Waals surface area contributed by atoms with E-state index in [1.165, 1.54) is 0 Å².